The van der Waals surface area contributed by atoms with Gasteiger partial charge in [-0.05, 0) is 12.1 Å². The summed E-state index contributed by atoms with van der Waals surface area (Å²) in [4.78, 5) is 0. The molecule has 0 fully saturated rings. The third kappa shape index (κ3) is 8.36. The minimum Gasteiger partial charge on any atom is -0.309 e. The van der Waals surface area contributed by atoms with E-state index in [0.29, 0.717) is 0 Å². The van der Waals surface area contributed by atoms with Gasteiger partial charge in [0.2, 0.25) is 0 Å². The zero-order valence-corrected chi connectivity index (χ0v) is 6.20. The lowest BCUT2D eigenvalue weighted by Gasteiger charge is -1.59. The van der Waals surface area contributed by atoms with Crippen LogP contribution in [0.25, 0.3) is 0 Å². The van der Waals surface area contributed by atoms with Crippen LogP contribution in [0.3, 0.4) is 0 Å². The molecule has 0 saturated carbocycles. The Morgan fingerprint density at radius 3 is 2.45 bits per heavy atom. The Kier molecular flexibility index (Phi) is 7.11. The van der Waals surface area contributed by atoms with Crippen LogP contribution in [-0.4, -0.2) is 16.4 Å². The van der Waals surface area contributed by atoms with Crippen molar-refractivity contribution in [3.63, 3.8) is 0 Å². The molecule has 0 aliphatic carbocycles. The smallest absolute Gasteiger partial charge is 0.0487 e. The average Bonchev–Trinajstić information content (AvgIpc) is 2.57. The monoisotopic (exact) mass is 149 g/mol. The number of hydrogen-bond acceptors (Lipinski definition) is 2. The summed E-state index contributed by atoms with van der Waals surface area (Å²) in [5, 5.41) is 12.7. The molecular formula is C8H11N3. The van der Waals surface area contributed by atoms with E-state index in [9.17, 15) is 0 Å². The maximum absolute atomic E-state index is 6.45. The number of H-pyrrole nitrogens is 1. The van der Waals surface area contributed by atoms with Gasteiger partial charge in [-0.15, -0.1) is 0 Å². The van der Waals surface area contributed by atoms with Crippen LogP contribution < -0.4 is 0 Å². The van der Waals surface area contributed by atoms with Crippen LogP contribution in [0.4, 0.5) is 0 Å². The Morgan fingerprint density at radius 1 is 1.45 bits per heavy atom. The maximum Gasteiger partial charge on any atom is 0.0487 e. The first-order valence-corrected chi connectivity index (χ1v) is 3.13. The minimum absolute atomic E-state index is 1.21. The van der Waals surface area contributed by atoms with Gasteiger partial charge in [0.05, 0.1) is 0 Å². The van der Waals surface area contributed by atoms with Crippen molar-refractivity contribution in [2.45, 2.75) is 0 Å². The van der Waals surface area contributed by atoms with Crippen LogP contribution in [0.2, 0.25) is 0 Å². The van der Waals surface area contributed by atoms with Gasteiger partial charge in [0.15, 0.2) is 0 Å². The molecule has 0 aliphatic heterocycles. The van der Waals surface area contributed by atoms with Crippen LogP contribution in [0.5, 0.6) is 0 Å². The lowest BCUT2D eigenvalue weighted by Crippen LogP contribution is -1.53. The molecule has 58 valence electrons. The molecule has 0 aliphatic rings. The standard InChI is InChI=1S/C5H7N.C3H4N2/c1-2-3-4-5-6;1-2-4-5-3-1/h2-6H,1H2;1-3H,(H,4,5)/b4-3-,6-5?;. The van der Waals surface area contributed by atoms with E-state index in [-0.39, 0.29) is 0 Å². The third-order valence-corrected chi connectivity index (χ3v) is 0.749. The van der Waals surface area contributed by atoms with E-state index < -0.39 is 0 Å². The zero-order chi connectivity index (χ0) is 8.36. The van der Waals surface area contributed by atoms with E-state index >= 15 is 0 Å². The molecule has 1 aromatic rings. The van der Waals surface area contributed by atoms with Crippen molar-refractivity contribution in [1.82, 2.24) is 10.2 Å². The molecule has 1 heterocycles. The molecule has 2 N–H and O–H groups in total. The SMILES string of the molecule is C=C/C=C\C=N.c1cn[nH]c1. The van der Waals surface area contributed by atoms with Gasteiger partial charge in [-0.25, -0.2) is 0 Å². The van der Waals surface area contributed by atoms with Crippen LogP contribution in [0, 0.1) is 5.41 Å². The van der Waals surface area contributed by atoms with Crippen LogP contribution in [0.1, 0.15) is 0 Å². The van der Waals surface area contributed by atoms with Crippen molar-refractivity contribution in [3.8, 4) is 0 Å². The quantitative estimate of drug-likeness (QED) is 0.488. The normalized spacial score (nSPS) is 8.36. The Hall–Kier alpha value is -1.64. The average molecular weight is 149 g/mol. The highest BCUT2D eigenvalue weighted by molar-refractivity contribution is 5.67. The minimum atomic E-state index is 1.21. The van der Waals surface area contributed by atoms with Gasteiger partial charge in [-0.3, -0.25) is 5.10 Å². The van der Waals surface area contributed by atoms with Crippen molar-refractivity contribution >= 4 is 6.21 Å². The van der Waals surface area contributed by atoms with E-state index in [1.165, 1.54) is 6.21 Å². The summed E-state index contributed by atoms with van der Waals surface area (Å²) in [7, 11) is 0. The molecule has 0 aromatic carbocycles. The number of rotatable bonds is 2. The van der Waals surface area contributed by atoms with Crippen molar-refractivity contribution in [2.75, 3.05) is 0 Å². The maximum atomic E-state index is 6.45. The number of nitrogens with one attached hydrogen (secondary N) is 2. The molecule has 0 unspecified atom stereocenters. The Morgan fingerprint density at radius 2 is 2.27 bits per heavy atom. The first-order valence-electron chi connectivity index (χ1n) is 3.13. The molecule has 1 rings (SSSR count). The van der Waals surface area contributed by atoms with E-state index in [2.05, 4.69) is 16.8 Å². The number of nitrogens with zero attached hydrogens (tertiary/aromatic N) is 1. The number of aromatic amines is 1. The number of allylic oxidation sites excluding steroid dienone is 3. The van der Waals surface area contributed by atoms with Gasteiger partial charge in [0, 0.05) is 18.6 Å². The zero-order valence-electron chi connectivity index (χ0n) is 6.20. The van der Waals surface area contributed by atoms with E-state index in [0.717, 1.165) is 0 Å². The molecule has 3 heteroatoms. The van der Waals surface area contributed by atoms with Gasteiger partial charge < -0.3 is 5.41 Å². The molecule has 0 radical (unpaired) electrons. The summed E-state index contributed by atoms with van der Waals surface area (Å²) in [6.07, 6.45) is 9.60. The van der Waals surface area contributed by atoms with E-state index in [1.807, 2.05) is 6.07 Å². The fraction of sp³-hybridized carbons (Fsp3) is 0. The third-order valence-electron chi connectivity index (χ3n) is 0.749. The van der Waals surface area contributed by atoms with Crippen molar-refractivity contribution < 1.29 is 0 Å². The Balaban J connectivity index is 0.000000183. The highest BCUT2D eigenvalue weighted by Crippen LogP contribution is 1.64. The molecule has 0 bridgehead atoms. The molecule has 1 aromatic heterocycles. The van der Waals surface area contributed by atoms with Gasteiger partial charge in [-0.1, -0.05) is 18.7 Å². The summed E-state index contributed by atoms with van der Waals surface area (Å²) < 4.78 is 0. The van der Waals surface area contributed by atoms with Crippen molar-refractivity contribution in [1.29, 1.82) is 5.41 Å². The predicted octanol–water partition coefficient (Wildman–Crippen LogP) is 1.79. The van der Waals surface area contributed by atoms with Gasteiger partial charge in [0.1, 0.15) is 0 Å². The van der Waals surface area contributed by atoms with Gasteiger partial charge in [0.25, 0.3) is 0 Å². The molecule has 0 spiro atoms. The fourth-order valence-electron chi connectivity index (χ4n) is 0.349. The number of hydrogen-bond donors (Lipinski definition) is 2. The molecular weight excluding hydrogens is 138 g/mol. The van der Waals surface area contributed by atoms with Gasteiger partial charge >= 0.3 is 0 Å². The topological polar surface area (TPSA) is 52.5 Å². The Labute approximate surface area is 66.0 Å². The summed E-state index contributed by atoms with van der Waals surface area (Å²) in [6.45, 7) is 3.41. The van der Waals surface area contributed by atoms with E-state index in [4.69, 9.17) is 5.41 Å². The first kappa shape index (κ1) is 9.36. The molecule has 0 saturated heterocycles. The lowest BCUT2D eigenvalue weighted by molar-refractivity contribution is 1.09. The predicted molar refractivity (Wildman–Crippen MR) is 46.7 cm³/mol. The van der Waals surface area contributed by atoms with Crippen LogP contribution in [0.15, 0.2) is 43.3 Å². The second-order valence-electron chi connectivity index (χ2n) is 1.55. The summed E-state index contributed by atoms with van der Waals surface area (Å²) >= 11 is 0. The fourth-order valence-corrected chi connectivity index (χ4v) is 0.349. The highest BCUT2D eigenvalue weighted by atomic mass is 15.1. The van der Waals surface area contributed by atoms with Gasteiger partial charge in [-0.2, -0.15) is 5.10 Å². The second kappa shape index (κ2) is 8.36. The van der Waals surface area contributed by atoms with Crippen LogP contribution >= 0.6 is 0 Å². The lowest BCUT2D eigenvalue weighted by atomic mass is 10.5. The highest BCUT2D eigenvalue weighted by Gasteiger charge is 1.56. The summed E-state index contributed by atoms with van der Waals surface area (Å²) in [5.74, 6) is 0. The van der Waals surface area contributed by atoms with Crippen molar-refractivity contribution in [3.05, 3.63) is 43.3 Å². The second-order valence-corrected chi connectivity index (χ2v) is 1.55. The summed E-state index contributed by atoms with van der Waals surface area (Å²) in [5.41, 5.74) is 0. The summed E-state index contributed by atoms with van der Waals surface area (Å²) in [6, 6.07) is 1.83. The molecule has 0 atom stereocenters. The molecule has 3 nitrogen and oxygen atoms in total. The number of aromatic nitrogens is 2. The van der Waals surface area contributed by atoms with E-state index in [1.54, 1.807) is 30.6 Å². The molecule has 11 heavy (non-hydrogen) atoms. The largest absolute Gasteiger partial charge is 0.309 e. The first-order chi connectivity index (χ1) is 5.41. The van der Waals surface area contributed by atoms with Crippen molar-refractivity contribution in [2.24, 2.45) is 0 Å². The van der Waals surface area contributed by atoms with Crippen LogP contribution in [-0.2, 0) is 0 Å². The molecule has 0 amide bonds. The Bertz CT molecular complexity index is 172.